The van der Waals surface area contributed by atoms with Gasteiger partial charge in [-0.05, 0) is 38.5 Å². The maximum Gasteiger partial charge on any atom is 0.317 e. The minimum Gasteiger partial charge on any atom is -0.337 e. The summed E-state index contributed by atoms with van der Waals surface area (Å²) in [6.45, 7) is 3.01. The van der Waals surface area contributed by atoms with Gasteiger partial charge in [-0.1, -0.05) is 38.5 Å². The lowest BCUT2D eigenvalue weighted by Gasteiger charge is -2.38. The third-order valence-electron chi connectivity index (χ3n) is 7.59. The number of rotatable bonds is 3. The van der Waals surface area contributed by atoms with Gasteiger partial charge >= 0.3 is 6.03 Å². The first kappa shape index (κ1) is 21.4. The number of carbonyl (C=O) groups excluding carboxylic acids is 3. The third kappa shape index (κ3) is 4.92. The van der Waals surface area contributed by atoms with Gasteiger partial charge in [0, 0.05) is 44.7 Å². The van der Waals surface area contributed by atoms with E-state index in [1.54, 1.807) is 0 Å². The van der Waals surface area contributed by atoms with Crippen molar-refractivity contribution in [2.75, 3.05) is 32.7 Å². The van der Waals surface area contributed by atoms with Crippen molar-refractivity contribution in [2.45, 2.75) is 89.1 Å². The Bertz CT molecular complexity index is 620. The normalized spacial score (nSPS) is 26.7. The number of amides is 4. The van der Waals surface area contributed by atoms with Crippen LogP contribution in [0.4, 0.5) is 4.79 Å². The van der Waals surface area contributed by atoms with Gasteiger partial charge in [0.15, 0.2) is 0 Å². The minimum atomic E-state index is -0.290. The van der Waals surface area contributed by atoms with E-state index in [1.807, 2.05) is 14.7 Å². The summed E-state index contributed by atoms with van der Waals surface area (Å²) in [5, 5.41) is 3.18. The van der Waals surface area contributed by atoms with E-state index >= 15 is 0 Å². The van der Waals surface area contributed by atoms with Crippen molar-refractivity contribution in [3.8, 4) is 0 Å². The summed E-state index contributed by atoms with van der Waals surface area (Å²) in [6, 6.07) is 0.0368. The molecule has 2 saturated heterocycles. The Kier molecular flexibility index (Phi) is 7.16. The van der Waals surface area contributed by atoms with Crippen molar-refractivity contribution >= 4 is 17.8 Å². The second-order valence-electron chi connectivity index (χ2n) is 9.62. The summed E-state index contributed by atoms with van der Waals surface area (Å²) in [7, 11) is 0. The zero-order valence-electron chi connectivity index (χ0n) is 18.3. The van der Waals surface area contributed by atoms with Crippen LogP contribution in [0, 0.1) is 5.92 Å². The van der Waals surface area contributed by atoms with Crippen LogP contribution in [0.1, 0.15) is 77.0 Å². The van der Waals surface area contributed by atoms with Gasteiger partial charge in [0.05, 0.1) is 0 Å². The van der Waals surface area contributed by atoms with E-state index in [9.17, 15) is 14.4 Å². The second kappa shape index (κ2) is 10.0. The predicted molar refractivity (Wildman–Crippen MR) is 115 cm³/mol. The van der Waals surface area contributed by atoms with Gasteiger partial charge in [-0.2, -0.15) is 0 Å². The van der Waals surface area contributed by atoms with Gasteiger partial charge < -0.3 is 20.0 Å². The van der Waals surface area contributed by atoms with Gasteiger partial charge in [-0.25, -0.2) is 4.79 Å². The van der Waals surface area contributed by atoms with Crippen LogP contribution < -0.4 is 5.32 Å². The molecule has 0 spiro atoms. The van der Waals surface area contributed by atoms with Gasteiger partial charge in [-0.15, -0.1) is 0 Å². The van der Waals surface area contributed by atoms with Crippen LogP contribution in [-0.4, -0.2) is 77.4 Å². The molecular formula is C23H38N4O3. The Hall–Kier alpha value is -1.79. The Labute approximate surface area is 180 Å². The number of carbonyl (C=O) groups is 3. The van der Waals surface area contributed by atoms with Crippen molar-refractivity contribution in [1.29, 1.82) is 0 Å². The van der Waals surface area contributed by atoms with E-state index in [0.29, 0.717) is 32.2 Å². The molecule has 4 amide bonds. The molecule has 168 valence electrons. The number of urea groups is 1. The van der Waals surface area contributed by atoms with Crippen molar-refractivity contribution in [3.05, 3.63) is 0 Å². The van der Waals surface area contributed by atoms with E-state index in [2.05, 4.69) is 5.32 Å². The topological polar surface area (TPSA) is 73.0 Å². The Morgan fingerprint density at radius 2 is 1.20 bits per heavy atom. The van der Waals surface area contributed by atoms with Gasteiger partial charge in [0.25, 0.3) is 0 Å². The molecule has 0 bridgehead atoms. The molecule has 0 aromatic heterocycles. The zero-order chi connectivity index (χ0) is 20.9. The summed E-state index contributed by atoms with van der Waals surface area (Å²) in [5.41, 5.74) is 0. The molecule has 2 aliphatic heterocycles. The molecule has 7 nitrogen and oxygen atoms in total. The monoisotopic (exact) mass is 418 g/mol. The molecule has 1 N–H and O–H groups in total. The number of hydrogen-bond acceptors (Lipinski definition) is 3. The van der Waals surface area contributed by atoms with Crippen molar-refractivity contribution in [1.82, 2.24) is 20.0 Å². The summed E-state index contributed by atoms with van der Waals surface area (Å²) in [6.07, 6.45) is 13.0. The number of hydrogen-bond donors (Lipinski definition) is 1. The molecule has 30 heavy (non-hydrogen) atoms. The third-order valence-corrected chi connectivity index (χ3v) is 7.59. The van der Waals surface area contributed by atoms with E-state index in [4.69, 9.17) is 0 Å². The Morgan fingerprint density at radius 1 is 0.600 bits per heavy atom. The first-order chi connectivity index (χ1) is 14.6. The van der Waals surface area contributed by atoms with Crippen LogP contribution >= 0.6 is 0 Å². The van der Waals surface area contributed by atoms with Crippen LogP contribution in [-0.2, 0) is 9.59 Å². The highest BCUT2D eigenvalue weighted by molar-refractivity contribution is 5.89. The molecule has 2 aliphatic carbocycles. The zero-order valence-corrected chi connectivity index (χ0v) is 18.3. The molecule has 4 rings (SSSR count). The smallest absolute Gasteiger partial charge is 0.317 e. The van der Waals surface area contributed by atoms with E-state index in [-0.39, 0.29) is 29.8 Å². The first-order valence-electron chi connectivity index (χ1n) is 12.3. The van der Waals surface area contributed by atoms with E-state index in [0.717, 1.165) is 57.9 Å². The van der Waals surface area contributed by atoms with Crippen LogP contribution in [0.2, 0.25) is 0 Å². The van der Waals surface area contributed by atoms with E-state index < -0.39 is 0 Å². The van der Waals surface area contributed by atoms with Crippen LogP contribution in [0.3, 0.4) is 0 Å². The Balaban J connectivity index is 1.27. The molecule has 7 heteroatoms. The molecule has 4 fully saturated rings. The number of nitrogens with one attached hydrogen (secondary N) is 1. The fraction of sp³-hybridized carbons (Fsp3) is 0.870. The summed E-state index contributed by atoms with van der Waals surface area (Å²) in [5.74, 6) is 0.410. The minimum absolute atomic E-state index is 0.0176. The lowest BCUT2D eigenvalue weighted by molar-refractivity contribution is -0.147. The van der Waals surface area contributed by atoms with Crippen molar-refractivity contribution in [2.24, 2.45) is 5.92 Å². The highest BCUT2D eigenvalue weighted by Gasteiger charge is 2.40. The largest absolute Gasteiger partial charge is 0.337 e. The van der Waals surface area contributed by atoms with Crippen molar-refractivity contribution in [3.63, 3.8) is 0 Å². The molecule has 1 atom stereocenters. The molecule has 2 saturated carbocycles. The summed E-state index contributed by atoms with van der Waals surface area (Å²) < 4.78 is 0. The average Bonchev–Trinajstić information content (AvgIpc) is 3.29. The van der Waals surface area contributed by atoms with Gasteiger partial charge in [0.2, 0.25) is 11.8 Å². The second-order valence-corrected chi connectivity index (χ2v) is 9.62. The molecule has 0 aromatic rings. The molecule has 0 aromatic carbocycles. The SMILES string of the molecule is O=C(NC1CCCCC1)N1CCN(C(=O)C2CCCN2C(=O)C2CCCCC2)CC1. The van der Waals surface area contributed by atoms with Gasteiger partial charge in [0.1, 0.15) is 6.04 Å². The molecular weight excluding hydrogens is 380 g/mol. The quantitative estimate of drug-likeness (QED) is 0.766. The Morgan fingerprint density at radius 3 is 1.87 bits per heavy atom. The maximum absolute atomic E-state index is 13.2. The molecule has 1 unspecified atom stereocenters. The molecule has 0 radical (unpaired) electrons. The number of piperazine rings is 1. The van der Waals surface area contributed by atoms with Crippen LogP contribution in [0.25, 0.3) is 0 Å². The number of nitrogens with zero attached hydrogens (tertiary/aromatic N) is 3. The van der Waals surface area contributed by atoms with Gasteiger partial charge in [-0.3, -0.25) is 9.59 Å². The fourth-order valence-electron chi connectivity index (χ4n) is 5.72. The summed E-state index contributed by atoms with van der Waals surface area (Å²) in [4.78, 5) is 44.4. The average molecular weight is 419 g/mol. The highest BCUT2D eigenvalue weighted by Crippen LogP contribution is 2.29. The predicted octanol–water partition coefficient (Wildman–Crippen LogP) is 2.74. The lowest BCUT2D eigenvalue weighted by atomic mass is 9.88. The maximum atomic E-state index is 13.2. The fourth-order valence-corrected chi connectivity index (χ4v) is 5.72. The number of likely N-dealkylation sites (tertiary alicyclic amines) is 1. The van der Waals surface area contributed by atoms with Crippen LogP contribution in [0.5, 0.6) is 0 Å². The molecule has 2 heterocycles. The standard InChI is InChI=1S/C23H38N4O3/c28-21(18-8-3-1-4-9-18)27-13-7-12-20(27)22(29)25-14-16-26(17-15-25)23(30)24-19-10-5-2-6-11-19/h18-20H,1-17H2,(H,24,30). The first-order valence-corrected chi connectivity index (χ1v) is 12.3. The highest BCUT2D eigenvalue weighted by atomic mass is 16.2. The van der Waals surface area contributed by atoms with Crippen molar-refractivity contribution < 1.29 is 14.4 Å². The molecule has 4 aliphatic rings. The van der Waals surface area contributed by atoms with E-state index in [1.165, 1.54) is 25.7 Å². The lowest BCUT2D eigenvalue weighted by Crippen LogP contribution is -2.57. The van der Waals surface area contributed by atoms with Crippen LogP contribution in [0.15, 0.2) is 0 Å². The summed E-state index contributed by atoms with van der Waals surface area (Å²) >= 11 is 0.